The summed E-state index contributed by atoms with van der Waals surface area (Å²) in [6, 6.07) is 0. The van der Waals surface area contributed by atoms with E-state index in [1.54, 1.807) is 0 Å². The summed E-state index contributed by atoms with van der Waals surface area (Å²) in [5.41, 5.74) is 0. The van der Waals surface area contributed by atoms with Crippen LogP contribution in [0.1, 0.15) is 39.5 Å². The molecule has 0 radical (unpaired) electrons. The van der Waals surface area contributed by atoms with Crippen LogP contribution in [0.25, 0.3) is 0 Å². The highest BCUT2D eigenvalue weighted by Gasteiger charge is 2.21. The van der Waals surface area contributed by atoms with Crippen molar-refractivity contribution >= 4 is 35.9 Å². The first-order chi connectivity index (χ1) is 7.68. The molecule has 0 aromatic heterocycles. The third kappa shape index (κ3) is 8.34. The maximum atomic E-state index is 5.42. The number of rotatable bonds is 10. The smallest absolute Gasteiger partial charge is 0.305 e. The quantitative estimate of drug-likeness (QED) is 0.200. The SMILES string of the molecule is CCCCOP(=S)(OCCCC)ON=C=S. The van der Waals surface area contributed by atoms with Crippen molar-refractivity contribution in [2.75, 3.05) is 13.2 Å². The Hall–Kier alpha value is 0.170. The zero-order chi connectivity index (χ0) is 12.3. The van der Waals surface area contributed by atoms with E-state index in [4.69, 9.17) is 25.5 Å². The topological polar surface area (TPSA) is 40.0 Å². The summed E-state index contributed by atoms with van der Waals surface area (Å²) in [5.74, 6) is 0. The predicted molar refractivity (Wildman–Crippen MR) is 72.1 cm³/mol. The van der Waals surface area contributed by atoms with E-state index in [-0.39, 0.29) is 0 Å². The third-order valence-electron chi connectivity index (χ3n) is 1.67. The minimum atomic E-state index is -2.76. The van der Waals surface area contributed by atoms with Crippen LogP contribution in [0.5, 0.6) is 0 Å². The van der Waals surface area contributed by atoms with Crippen molar-refractivity contribution in [3.63, 3.8) is 0 Å². The molecule has 0 aliphatic heterocycles. The van der Waals surface area contributed by atoms with Gasteiger partial charge in [-0.15, -0.1) is 0 Å². The monoisotopic (exact) mass is 283 g/mol. The fourth-order valence-corrected chi connectivity index (χ4v) is 2.45. The Kier molecular flexibility index (Phi) is 10.4. The van der Waals surface area contributed by atoms with E-state index in [1.165, 1.54) is 0 Å². The molecule has 0 aliphatic carbocycles. The molecular weight excluding hydrogens is 265 g/mol. The number of thiocarbonyl (C=S) groups is 1. The van der Waals surface area contributed by atoms with Crippen LogP contribution < -0.4 is 0 Å². The van der Waals surface area contributed by atoms with Crippen molar-refractivity contribution in [1.29, 1.82) is 0 Å². The molecule has 0 N–H and O–H groups in total. The Morgan fingerprint density at radius 3 is 2.00 bits per heavy atom. The maximum absolute atomic E-state index is 5.42. The summed E-state index contributed by atoms with van der Waals surface area (Å²) >= 11 is 9.57. The molecule has 0 atom stereocenters. The fraction of sp³-hybridized carbons (Fsp3) is 0.889. The van der Waals surface area contributed by atoms with E-state index in [2.05, 4.69) is 36.4 Å². The second-order valence-corrected chi connectivity index (χ2v) is 6.18. The number of unbranched alkanes of at least 4 members (excludes halogenated alkanes) is 2. The lowest BCUT2D eigenvalue weighted by Crippen LogP contribution is -2.00. The molecule has 0 spiro atoms. The van der Waals surface area contributed by atoms with Gasteiger partial charge >= 0.3 is 6.72 Å². The molecule has 4 nitrogen and oxygen atoms in total. The molecule has 0 bridgehead atoms. The Labute approximate surface area is 108 Å². The minimum absolute atomic E-state index is 0.521. The number of nitrogens with zero attached hydrogens (tertiary/aromatic N) is 1. The summed E-state index contributed by atoms with van der Waals surface area (Å²) in [4.78, 5) is 0. The largest absolute Gasteiger partial charge is 0.403 e. The van der Waals surface area contributed by atoms with Gasteiger partial charge in [-0.3, -0.25) is 9.05 Å². The van der Waals surface area contributed by atoms with Crippen molar-refractivity contribution in [3.05, 3.63) is 0 Å². The zero-order valence-corrected chi connectivity index (χ0v) is 12.2. The number of isothiocyanates is 1. The van der Waals surface area contributed by atoms with Gasteiger partial charge in [0.1, 0.15) is 5.16 Å². The minimum Gasteiger partial charge on any atom is -0.305 e. The first-order valence-electron chi connectivity index (χ1n) is 5.33. The van der Waals surface area contributed by atoms with E-state index in [9.17, 15) is 0 Å². The summed E-state index contributed by atoms with van der Waals surface area (Å²) in [5, 5.41) is 5.45. The van der Waals surface area contributed by atoms with Crippen LogP contribution in [0.2, 0.25) is 0 Å². The zero-order valence-electron chi connectivity index (χ0n) is 9.68. The molecule has 7 heteroatoms. The van der Waals surface area contributed by atoms with Gasteiger partial charge in [-0.2, -0.15) is 0 Å². The highest BCUT2D eigenvalue weighted by Crippen LogP contribution is 2.50. The van der Waals surface area contributed by atoms with Crippen molar-refractivity contribution in [3.8, 4) is 0 Å². The lowest BCUT2D eigenvalue weighted by molar-refractivity contribution is 0.158. The molecule has 94 valence electrons. The van der Waals surface area contributed by atoms with Gasteiger partial charge in [0, 0.05) is 11.8 Å². The van der Waals surface area contributed by atoms with E-state index in [1.807, 2.05) is 0 Å². The van der Waals surface area contributed by atoms with E-state index in [0.717, 1.165) is 25.7 Å². The first kappa shape index (κ1) is 16.2. The number of hydrogen-bond acceptors (Lipinski definition) is 6. The fourth-order valence-electron chi connectivity index (χ4n) is 0.792. The van der Waals surface area contributed by atoms with Gasteiger partial charge in [-0.05, 0) is 30.2 Å². The van der Waals surface area contributed by atoms with Crippen LogP contribution in [0.4, 0.5) is 0 Å². The average Bonchev–Trinajstić information content (AvgIpc) is 2.27. The van der Waals surface area contributed by atoms with Crippen LogP contribution in [-0.2, 0) is 25.5 Å². The highest BCUT2D eigenvalue weighted by atomic mass is 32.5. The van der Waals surface area contributed by atoms with Crippen molar-refractivity contribution in [1.82, 2.24) is 0 Å². The average molecular weight is 283 g/mol. The van der Waals surface area contributed by atoms with Crippen molar-refractivity contribution < 1.29 is 13.7 Å². The molecule has 0 aromatic rings. The van der Waals surface area contributed by atoms with Crippen molar-refractivity contribution in [2.45, 2.75) is 39.5 Å². The highest BCUT2D eigenvalue weighted by molar-refractivity contribution is 8.07. The van der Waals surface area contributed by atoms with E-state index in [0.29, 0.717) is 13.2 Å². The lowest BCUT2D eigenvalue weighted by atomic mass is 10.4. The Morgan fingerprint density at radius 1 is 1.12 bits per heavy atom. The Morgan fingerprint density at radius 2 is 1.62 bits per heavy atom. The Bertz CT molecular complexity index is 255. The molecule has 0 saturated carbocycles. The molecule has 0 aromatic carbocycles. The van der Waals surface area contributed by atoms with Gasteiger partial charge in [-0.25, -0.2) is 0 Å². The maximum Gasteiger partial charge on any atom is 0.403 e. The lowest BCUT2D eigenvalue weighted by Gasteiger charge is -2.17. The Balaban J connectivity index is 4.12. The summed E-state index contributed by atoms with van der Waals surface area (Å²) in [6.07, 6.45) is 3.89. The molecular formula is C9H18NO3PS2. The molecule has 0 aliphatic rings. The number of hydrogen-bond donors (Lipinski definition) is 0. The second-order valence-electron chi connectivity index (χ2n) is 3.08. The normalized spacial score (nSPS) is 10.9. The molecule has 0 saturated heterocycles. The second kappa shape index (κ2) is 10.3. The van der Waals surface area contributed by atoms with E-state index < -0.39 is 6.72 Å². The van der Waals surface area contributed by atoms with Crippen LogP contribution in [-0.4, -0.2) is 18.4 Å². The molecule has 0 amide bonds. The molecule has 0 rings (SSSR count). The van der Waals surface area contributed by atoms with Gasteiger partial charge in [0.2, 0.25) is 0 Å². The van der Waals surface area contributed by atoms with Gasteiger partial charge in [0.25, 0.3) is 0 Å². The molecule has 0 unspecified atom stereocenters. The van der Waals surface area contributed by atoms with Crippen LogP contribution in [0.3, 0.4) is 0 Å². The van der Waals surface area contributed by atoms with Gasteiger partial charge in [0.15, 0.2) is 0 Å². The standard InChI is InChI=1S/C9H18NO3PS2/c1-3-5-7-11-14(16,13-10-9-15)12-8-6-4-2/h3-8H2,1-2H3. The van der Waals surface area contributed by atoms with Crippen LogP contribution >= 0.6 is 18.9 Å². The molecule has 0 heterocycles. The van der Waals surface area contributed by atoms with Crippen molar-refractivity contribution in [2.24, 2.45) is 5.16 Å². The predicted octanol–water partition coefficient (Wildman–Crippen LogP) is 3.88. The first-order valence-corrected chi connectivity index (χ1v) is 8.30. The summed E-state index contributed by atoms with van der Waals surface area (Å²) in [7, 11) is 0. The summed E-state index contributed by atoms with van der Waals surface area (Å²) in [6.45, 7) is 2.42. The molecule has 0 fully saturated rings. The van der Waals surface area contributed by atoms with Gasteiger partial charge in [0.05, 0.1) is 13.2 Å². The van der Waals surface area contributed by atoms with Crippen LogP contribution in [0.15, 0.2) is 5.16 Å². The van der Waals surface area contributed by atoms with E-state index >= 15 is 0 Å². The molecule has 16 heavy (non-hydrogen) atoms. The van der Waals surface area contributed by atoms with Gasteiger partial charge < -0.3 is 4.62 Å². The van der Waals surface area contributed by atoms with Gasteiger partial charge in [-0.1, -0.05) is 26.7 Å². The third-order valence-corrected chi connectivity index (χ3v) is 3.86. The van der Waals surface area contributed by atoms with Crippen LogP contribution in [0, 0.1) is 0 Å². The summed E-state index contributed by atoms with van der Waals surface area (Å²) < 4.78 is 15.8.